The van der Waals surface area contributed by atoms with Crippen molar-refractivity contribution >= 4 is 11.9 Å². The van der Waals surface area contributed by atoms with E-state index in [0.717, 1.165) is 67.4 Å². The van der Waals surface area contributed by atoms with E-state index in [4.69, 9.17) is 19.5 Å². The molecule has 0 amide bonds. The second kappa shape index (κ2) is 9.71. The summed E-state index contributed by atoms with van der Waals surface area (Å²) in [6, 6.07) is 15.2. The number of aryl methyl sites for hydroxylation is 2. The minimum absolute atomic E-state index is 0.0611. The number of ether oxygens (including phenoxy) is 2. The Morgan fingerprint density at radius 2 is 1.97 bits per heavy atom. The van der Waals surface area contributed by atoms with E-state index in [0.29, 0.717) is 6.61 Å². The SMILES string of the molecule is COc1cc(C=C2CCCN3C2=NOC2(CCCOC2)C3c2ccc(C)cc2)ccc1-n1cnc(C)c1. The summed E-state index contributed by atoms with van der Waals surface area (Å²) in [5.74, 6) is 1.73. The van der Waals surface area contributed by atoms with Crippen molar-refractivity contribution in [3.05, 3.63) is 82.9 Å². The van der Waals surface area contributed by atoms with Crippen LogP contribution in [0.5, 0.6) is 5.75 Å². The predicted molar refractivity (Wildman–Crippen MR) is 144 cm³/mol. The average molecular weight is 499 g/mol. The molecule has 1 spiro atoms. The average Bonchev–Trinajstić information content (AvgIpc) is 3.36. The lowest BCUT2D eigenvalue weighted by Crippen LogP contribution is -2.58. The van der Waals surface area contributed by atoms with Crippen LogP contribution in [0.1, 0.15) is 54.1 Å². The van der Waals surface area contributed by atoms with Crippen molar-refractivity contribution in [1.82, 2.24) is 14.5 Å². The molecule has 6 rings (SSSR count). The van der Waals surface area contributed by atoms with Gasteiger partial charge in [0, 0.05) is 19.3 Å². The Hall–Kier alpha value is -3.58. The molecular formula is C30H34N4O3. The lowest BCUT2D eigenvalue weighted by molar-refractivity contribution is -0.174. The summed E-state index contributed by atoms with van der Waals surface area (Å²) in [5.41, 5.74) is 6.24. The van der Waals surface area contributed by atoms with E-state index in [1.165, 1.54) is 16.7 Å². The van der Waals surface area contributed by atoms with Crippen LogP contribution in [0.25, 0.3) is 11.8 Å². The first-order valence-electron chi connectivity index (χ1n) is 13.1. The lowest BCUT2D eigenvalue weighted by Gasteiger charge is -2.51. The van der Waals surface area contributed by atoms with E-state index in [2.05, 4.69) is 65.3 Å². The van der Waals surface area contributed by atoms with E-state index < -0.39 is 5.60 Å². The van der Waals surface area contributed by atoms with Crippen LogP contribution in [0.3, 0.4) is 0 Å². The van der Waals surface area contributed by atoms with Crippen molar-refractivity contribution in [2.75, 3.05) is 26.9 Å². The van der Waals surface area contributed by atoms with Crippen LogP contribution in [0.2, 0.25) is 0 Å². The van der Waals surface area contributed by atoms with Gasteiger partial charge < -0.3 is 23.8 Å². The molecule has 2 atom stereocenters. The number of hydrogen-bond acceptors (Lipinski definition) is 6. The summed E-state index contributed by atoms with van der Waals surface area (Å²) >= 11 is 0. The minimum Gasteiger partial charge on any atom is -0.495 e. The molecule has 2 unspecified atom stereocenters. The van der Waals surface area contributed by atoms with E-state index >= 15 is 0 Å². The van der Waals surface area contributed by atoms with Gasteiger partial charge in [0.2, 0.25) is 0 Å². The molecule has 0 aliphatic carbocycles. The van der Waals surface area contributed by atoms with Gasteiger partial charge in [0.25, 0.3) is 0 Å². The van der Waals surface area contributed by atoms with Crippen LogP contribution in [-0.4, -0.2) is 52.8 Å². The third-order valence-corrected chi connectivity index (χ3v) is 7.69. The van der Waals surface area contributed by atoms with Gasteiger partial charge in [0.1, 0.15) is 11.8 Å². The fourth-order valence-electron chi connectivity index (χ4n) is 5.87. The quantitative estimate of drug-likeness (QED) is 0.468. The van der Waals surface area contributed by atoms with E-state index in [9.17, 15) is 0 Å². The third-order valence-electron chi connectivity index (χ3n) is 7.69. The van der Waals surface area contributed by atoms with E-state index in [1.807, 2.05) is 24.0 Å². The Labute approximate surface area is 218 Å². The van der Waals surface area contributed by atoms with Crippen LogP contribution in [0.15, 0.2) is 65.7 Å². The fourth-order valence-corrected chi connectivity index (χ4v) is 5.87. The van der Waals surface area contributed by atoms with Gasteiger partial charge in [0.15, 0.2) is 11.4 Å². The number of fused-ring (bicyclic) bond motifs is 1. The monoisotopic (exact) mass is 498 g/mol. The predicted octanol–water partition coefficient (Wildman–Crippen LogP) is 5.61. The van der Waals surface area contributed by atoms with Crippen molar-refractivity contribution < 1.29 is 14.3 Å². The third kappa shape index (κ3) is 4.42. The molecule has 1 aromatic heterocycles. The Morgan fingerprint density at radius 3 is 2.70 bits per heavy atom. The first-order chi connectivity index (χ1) is 18.1. The van der Waals surface area contributed by atoms with Crippen LogP contribution < -0.4 is 4.74 Å². The summed E-state index contributed by atoms with van der Waals surface area (Å²) in [6.45, 7) is 6.40. The van der Waals surface area contributed by atoms with Gasteiger partial charge in [-0.15, -0.1) is 0 Å². The molecule has 2 aromatic carbocycles. The van der Waals surface area contributed by atoms with Crippen molar-refractivity contribution in [3.63, 3.8) is 0 Å². The summed E-state index contributed by atoms with van der Waals surface area (Å²) in [5, 5.41) is 4.76. The van der Waals surface area contributed by atoms with E-state index in [-0.39, 0.29) is 6.04 Å². The van der Waals surface area contributed by atoms with Crippen molar-refractivity contribution in [1.29, 1.82) is 0 Å². The molecule has 0 bridgehead atoms. The van der Waals surface area contributed by atoms with Gasteiger partial charge in [0.05, 0.1) is 31.4 Å². The Kier molecular flexibility index (Phi) is 6.24. The highest BCUT2D eigenvalue weighted by atomic mass is 16.7. The van der Waals surface area contributed by atoms with Crippen LogP contribution >= 0.6 is 0 Å². The molecule has 0 N–H and O–H groups in total. The second-order valence-corrected chi connectivity index (χ2v) is 10.4. The summed E-state index contributed by atoms with van der Waals surface area (Å²) < 4.78 is 13.7. The fraction of sp³-hybridized carbons (Fsp3) is 0.400. The topological polar surface area (TPSA) is 61.1 Å². The number of methoxy groups -OCH3 is 1. The standard InChI is InChI=1S/C30H34N4O3/c1-21-7-10-24(11-8-21)28-30(13-5-15-36-19-30)37-32-29-25(6-4-14-34(28)29)16-23-9-12-26(27(17-23)35-3)33-18-22(2)31-20-33/h7-12,16-18,20,28H,4-6,13-15,19H2,1-3H3. The van der Waals surface area contributed by atoms with Gasteiger partial charge in [-0.2, -0.15) is 0 Å². The molecule has 2 saturated heterocycles. The maximum Gasteiger partial charge on any atom is 0.185 e. The number of aromatic nitrogens is 2. The van der Waals surface area contributed by atoms with Crippen LogP contribution in [0.4, 0.5) is 0 Å². The normalized spacial score (nSPS) is 24.5. The molecule has 0 saturated carbocycles. The largest absolute Gasteiger partial charge is 0.495 e. The molecule has 4 heterocycles. The van der Waals surface area contributed by atoms with E-state index in [1.54, 1.807) is 7.11 Å². The highest BCUT2D eigenvalue weighted by Gasteiger charge is 2.51. The number of rotatable bonds is 4. The van der Waals surface area contributed by atoms with Gasteiger partial charge in [-0.1, -0.05) is 41.1 Å². The van der Waals surface area contributed by atoms with Gasteiger partial charge >= 0.3 is 0 Å². The number of nitrogens with zero attached hydrogens (tertiary/aromatic N) is 4. The maximum absolute atomic E-state index is 6.41. The maximum atomic E-state index is 6.41. The molecule has 7 nitrogen and oxygen atoms in total. The molecule has 3 aliphatic rings. The molecule has 2 fully saturated rings. The number of imidazole rings is 1. The number of oxime groups is 1. The summed E-state index contributed by atoms with van der Waals surface area (Å²) in [6.07, 6.45) is 9.97. The molecule has 37 heavy (non-hydrogen) atoms. The lowest BCUT2D eigenvalue weighted by atomic mass is 9.81. The number of piperidine rings is 1. The van der Waals surface area contributed by atoms with Gasteiger partial charge in [-0.05, 0) is 74.4 Å². The first kappa shape index (κ1) is 23.8. The first-order valence-corrected chi connectivity index (χ1v) is 13.1. The highest BCUT2D eigenvalue weighted by Crippen LogP contribution is 2.46. The zero-order valence-corrected chi connectivity index (χ0v) is 21.8. The zero-order chi connectivity index (χ0) is 25.4. The van der Waals surface area contributed by atoms with Crippen molar-refractivity contribution in [2.24, 2.45) is 5.16 Å². The highest BCUT2D eigenvalue weighted by molar-refractivity contribution is 6.03. The summed E-state index contributed by atoms with van der Waals surface area (Å²) in [4.78, 5) is 13.2. The summed E-state index contributed by atoms with van der Waals surface area (Å²) in [7, 11) is 1.71. The Bertz CT molecular complexity index is 1340. The number of benzene rings is 2. The van der Waals surface area contributed by atoms with Gasteiger partial charge in [-0.25, -0.2) is 4.98 Å². The van der Waals surface area contributed by atoms with Crippen LogP contribution in [0, 0.1) is 13.8 Å². The van der Waals surface area contributed by atoms with Crippen molar-refractivity contribution in [3.8, 4) is 11.4 Å². The minimum atomic E-state index is -0.465. The molecular weight excluding hydrogens is 464 g/mol. The van der Waals surface area contributed by atoms with Gasteiger partial charge in [-0.3, -0.25) is 0 Å². The Balaban J connectivity index is 1.37. The molecule has 192 valence electrons. The molecule has 0 radical (unpaired) electrons. The molecule has 7 heteroatoms. The number of hydrogen-bond donors (Lipinski definition) is 0. The molecule has 3 aromatic rings. The van der Waals surface area contributed by atoms with Crippen LogP contribution in [-0.2, 0) is 9.57 Å². The Morgan fingerprint density at radius 1 is 1.11 bits per heavy atom. The van der Waals surface area contributed by atoms with Crippen molar-refractivity contribution in [2.45, 2.75) is 51.2 Å². The smallest absolute Gasteiger partial charge is 0.185 e. The second-order valence-electron chi connectivity index (χ2n) is 10.4. The number of amidine groups is 1. The molecule has 3 aliphatic heterocycles. The zero-order valence-electron chi connectivity index (χ0n) is 21.8.